The Morgan fingerprint density at radius 2 is 2.04 bits per heavy atom. The summed E-state index contributed by atoms with van der Waals surface area (Å²) in [4.78, 5) is 22.9. The van der Waals surface area contributed by atoms with Crippen molar-refractivity contribution in [2.75, 3.05) is 20.2 Å². The van der Waals surface area contributed by atoms with E-state index in [4.69, 9.17) is 10.5 Å². The standard InChI is InChI=1S/C15H22N4O2S2.2ClH/c1-4-21-10(2)14-17-11(8-23-14)7-19(3)15(20)12-9-22-13(18-12)5-6-16;;/h8-10H,4-7,16H2,1-3H3;2*1H. The number of nitrogens with two attached hydrogens (primary N) is 1. The summed E-state index contributed by atoms with van der Waals surface area (Å²) in [5.74, 6) is -0.100. The summed E-state index contributed by atoms with van der Waals surface area (Å²) in [6.07, 6.45) is 0.684. The maximum absolute atomic E-state index is 12.4. The van der Waals surface area contributed by atoms with E-state index in [1.807, 2.05) is 19.2 Å². The van der Waals surface area contributed by atoms with Gasteiger partial charge in [-0.25, -0.2) is 9.97 Å². The lowest BCUT2D eigenvalue weighted by atomic mass is 10.3. The number of nitrogens with zero attached hydrogens (tertiary/aromatic N) is 3. The monoisotopic (exact) mass is 426 g/mol. The minimum absolute atomic E-state index is 0. The van der Waals surface area contributed by atoms with Crippen LogP contribution < -0.4 is 5.73 Å². The lowest BCUT2D eigenvalue weighted by molar-refractivity contribution is 0.0755. The maximum atomic E-state index is 12.4. The van der Waals surface area contributed by atoms with Crippen LogP contribution in [0.1, 0.15) is 46.1 Å². The average molecular weight is 427 g/mol. The van der Waals surface area contributed by atoms with E-state index in [1.165, 1.54) is 11.3 Å². The molecule has 2 N–H and O–H groups in total. The highest BCUT2D eigenvalue weighted by Gasteiger charge is 2.17. The molecule has 10 heteroatoms. The molecule has 0 radical (unpaired) electrons. The first-order valence-corrected chi connectivity index (χ1v) is 9.26. The number of halogens is 2. The van der Waals surface area contributed by atoms with Crippen molar-refractivity contribution >= 4 is 53.4 Å². The smallest absolute Gasteiger partial charge is 0.273 e. The molecule has 0 saturated carbocycles. The first-order chi connectivity index (χ1) is 11.0. The molecular weight excluding hydrogens is 403 g/mol. The topological polar surface area (TPSA) is 81.3 Å². The number of thiazole rings is 2. The van der Waals surface area contributed by atoms with Crippen LogP contribution in [0.4, 0.5) is 0 Å². The molecule has 142 valence electrons. The van der Waals surface area contributed by atoms with Crippen LogP contribution in [0.25, 0.3) is 0 Å². The van der Waals surface area contributed by atoms with Crippen molar-refractivity contribution in [2.24, 2.45) is 5.73 Å². The van der Waals surface area contributed by atoms with Gasteiger partial charge >= 0.3 is 0 Å². The zero-order valence-electron chi connectivity index (χ0n) is 14.4. The highest BCUT2D eigenvalue weighted by Crippen LogP contribution is 2.22. The molecule has 0 saturated heterocycles. The molecule has 2 aromatic heterocycles. The average Bonchev–Trinajstić information content (AvgIpc) is 3.16. The van der Waals surface area contributed by atoms with Crippen LogP contribution in [0.5, 0.6) is 0 Å². The van der Waals surface area contributed by atoms with Crippen LogP contribution in [-0.2, 0) is 17.7 Å². The Morgan fingerprint density at radius 3 is 2.68 bits per heavy atom. The van der Waals surface area contributed by atoms with Crippen LogP contribution in [0.2, 0.25) is 0 Å². The molecule has 0 spiro atoms. The molecule has 0 aromatic carbocycles. The third kappa shape index (κ3) is 6.80. The molecule has 2 heterocycles. The zero-order chi connectivity index (χ0) is 16.8. The van der Waals surface area contributed by atoms with Gasteiger partial charge in [-0.2, -0.15) is 0 Å². The summed E-state index contributed by atoms with van der Waals surface area (Å²) in [6.45, 7) is 5.59. The van der Waals surface area contributed by atoms with E-state index in [2.05, 4.69) is 9.97 Å². The Labute approximate surface area is 168 Å². The van der Waals surface area contributed by atoms with Crippen molar-refractivity contribution in [3.05, 3.63) is 32.2 Å². The van der Waals surface area contributed by atoms with Crippen molar-refractivity contribution in [3.8, 4) is 0 Å². The van der Waals surface area contributed by atoms with Crippen LogP contribution in [0, 0.1) is 0 Å². The third-order valence-electron chi connectivity index (χ3n) is 3.21. The van der Waals surface area contributed by atoms with Crippen molar-refractivity contribution in [2.45, 2.75) is 32.9 Å². The SMILES string of the molecule is CCOC(C)c1nc(CN(C)C(=O)c2csc(CCN)n2)cs1.Cl.Cl. The van der Waals surface area contributed by atoms with Gasteiger partial charge in [0.05, 0.1) is 17.2 Å². The van der Waals surface area contributed by atoms with Gasteiger partial charge in [-0.15, -0.1) is 47.5 Å². The molecule has 0 aliphatic rings. The molecule has 1 amide bonds. The number of rotatable bonds is 8. The highest BCUT2D eigenvalue weighted by molar-refractivity contribution is 7.10. The van der Waals surface area contributed by atoms with E-state index in [9.17, 15) is 4.79 Å². The van der Waals surface area contributed by atoms with Crippen molar-refractivity contribution in [3.63, 3.8) is 0 Å². The summed E-state index contributed by atoms with van der Waals surface area (Å²) < 4.78 is 5.54. The molecule has 0 bridgehead atoms. The van der Waals surface area contributed by atoms with Gasteiger partial charge in [0.2, 0.25) is 0 Å². The Morgan fingerprint density at radius 1 is 1.32 bits per heavy atom. The van der Waals surface area contributed by atoms with Gasteiger partial charge in [0, 0.05) is 30.8 Å². The molecule has 1 unspecified atom stereocenters. The molecular formula is C15H24Cl2N4O2S2. The van der Waals surface area contributed by atoms with E-state index in [-0.39, 0.29) is 36.8 Å². The summed E-state index contributed by atoms with van der Waals surface area (Å²) in [5.41, 5.74) is 6.85. The van der Waals surface area contributed by atoms with Crippen molar-refractivity contribution in [1.82, 2.24) is 14.9 Å². The van der Waals surface area contributed by atoms with Gasteiger partial charge in [0.1, 0.15) is 16.8 Å². The van der Waals surface area contributed by atoms with E-state index in [0.717, 1.165) is 15.7 Å². The number of ether oxygens (including phenoxy) is 1. The largest absolute Gasteiger partial charge is 0.372 e. The van der Waals surface area contributed by atoms with Crippen LogP contribution in [-0.4, -0.2) is 41.0 Å². The van der Waals surface area contributed by atoms with Gasteiger partial charge in [-0.3, -0.25) is 4.79 Å². The lowest BCUT2D eigenvalue weighted by Crippen LogP contribution is -2.26. The Hall–Kier alpha value is -0.770. The predicted octanol–water partition coefficient (Wildman–Crippen LogP) is 3.31. The first-order valence-electron chi connectivity index (χ1n) is 7.51. The fourth-order valence-corrected chi connectivity index (χ4v) is 3.66. The van der Waals surface area contributed by atoms with Gasteiger partial charge < -0.3 is 15.4 Å². The number of carbonyl (C=O) groups is 1. The molecule has 0 aliphatic carbocycles. The van der Waals surface area contributed by atoms with Crippen LogP contribution in [0.15, 0.2) is 10.8 Å². The van der Waals surface area contributed by atoms with Gasteiger partial charge in [-0.05, 0) is 20.4 Å². The second-order valence-electron chi connectivity index (χ2n) is 5.10. The predicted molar refractivity (Wildman–Crippen MR) is 107 cm³/mol. The van der Waals surface area contributed by atoms with Crippen LogP contribution in [0.3, 0.4) is 0 Å². The molecule has 2 aromatic rings. The first kappa shape index (κ1) is 24.2. The summed E-state index contributed by atoms with van der Waals surface area (Å²) in [5, 5.41) is 5.58. The summed E-state index contributed by atoms with van der Waals surface area (Å²) >= 11 is 3.03. The van der Waals surface area contributed by atoms with E-state index in [0.29, 0.717) is 31.8 Å². The summed E-state index contributed by atoms with van der Waals surface area (Å²) in [6, 6.07) is 0. The fourth-order valence-electron chi connectivity index (χ4n) is 2.06. The van der Waals surface area contributed by atoms with Crippen LogP contribution >= 0.6 is 47.5 Å². The van der Waals surface area contributed by atoms with Gasteiger partial charge in [-0.1, -0.05) is 0 Å². The lowest BCUT2D eigenvalue weighted by Gasteiger charge is -2.14. The van der Waals surface area contributed by atoms with E-state index >= 15 is 0 Å². The fraction of sp³-hybridized carbons (Fsp3) is 0.533. The maximum Gasteiger partial charge on any atom is 0.273 e. The second-order valence-corrected chi connectivity index (χ2v) is 6.93. The molecule has 0 fully saturated rings. The van der Waals surface area contributed by atoms with Gasteiger partial charge in [0.15, 0.2) is 0 Å². The van der Waals surface area contributed by atoms with Gasteiger partial charge in [0.25, 0.3) is 5.91 Å². The number of carbonyl (C=O) groups excluding carboxylic acids is 1. The van der Waals surface area contributed by atoms with Crippen molar-refractivity contribution in [1.29, 1.82) is 0 Å². The third-order valence-corrected chi connectivity index (χ3v) is 5.17. The second kappa shape index (κ2) is 11.8. The Balaban J connectivity index is 0.00000288. The molecule has 1 atom stereocenters. The zero-order valence-corrected chi connectivity index (χ0v) is 17.7. The molecule has 2 rings (SSSR count). The number of amides is 1. The number of aromatic nitrogens is 2. The number of hydrogen-bond acceptors (Lipinski definition) is 7. The highest BCUT2D eigenvalue weighted by atomic mass is 35.5. The Bertz CT molecular complexity index is 651. The minimum atomic E-state index is -0.100. The Kier molecular flexibility index (Phi) is 11.4. The quantitative estimate of drug-likeness (QED) is 0.699. The van der Waals surface area contributed by atoms with Crippen molar-refractivity contribution < 1.29 is 9.53 Å². The van der Waals surface area contributed by atoms with E-state index in [1.54, 1.807) is 28.7 Å². The number of hydrogen-bond donors (Lipinski definition) is 1. The van der Waals surface area contributed by atoms with E-state index < -0.39 is 0 Å². The molecule has 25 heavy (non-hydrogen) atoms. The molecule has 0 aliphatic heterocycles. The normalized spacial score (nSPS) is 11.4. The summed E-state index contributed by atoms with van der Waals surface area (Å²) in [7, 11) is 1.76. The molecule has 6 nitrogen and oxygen atoms in total. The minimum Gasteiger partial charge on any atom is -0.372 e.